The largest absolute Gasteiger partial charge is 0.292 e. The summed E-state index contributed by atoms with van der Waals surface area (Å²) in [6.07, 6.45) is 0.213. The predicted octanol–water partition coefficient (Wildman–Crippen LogP) is 2.20. The van der Waals surface area contributed by atoms with Crippen LogP contribution in [0.1, 0.15) is 25.1 Å². The highest BCUT2D eigenvalue weighted by atomic mass is 32.1. The number of amides is 2. The van der Waals surface area contributed by atoms with Gasteiger partial charge in [-0.1, -0.05) is 19.9 Å². The number of nitrogens with one attached hydrogen (secondary N) is 1. The van der Waals surface area contributed by atoms with Crippen LogP contribution in [0.5, 0.6) is 0 Å². The Balaban J connectivity index is 2.51. The Bertz CT molecular complexity index is 457. The summed E-state index contributed by atoms with van der Waals surface area (Å²) < 4.78 is 0. The van der Waals surface area contributed by atoms with Crippen molar-refractivity contribution in [3.63, 3.8) is 0 Å². The van der Waals surface area contributed by atoms with E-state index in [1.165, 1.54) is 0 Å². The van der Waals surface area contributed by atoms with Gasteiger partial charge in [-0.2, -0.15) is 0 Å². The zero-order chi connectivity index (χ0) is 11.7. The summed E-state index contributed by atoms with van der Waals surface area (Å²) in [7, 11) is 0. The number of thiophene rings is 1. The van der Waals surface area contributed by atoms with E-state index >= 15 is 0 Å². The number of rotatable bonds is 2. The fourth-order valence-electron chi connectivity index (χ4n) is 1.92. The van der Waals surface area contributed by atoms with E-state index in [2.05, 4.69) is 5.32 Å². The average molecular weight is 235 g/mol. The third kappa shape index (κ3) is 1.93. The van der Waals surface area contributed by atoms with Gasteiger partial charge in [0.05, 0.1) is 6.42 Å². The SMILES string of the molecule is CC(C)/C(=C1\CC(=O)NC1=O)c1cccs1. The lowest BCUT2D eigenvalue weighted by Gasteiger charge is -2.11. The maximum Gasteiger partial charge on any atom is 0.254 e. The standard InChI is InChI=1S/C12H13NO2S/c1-7(2)11(9-4-3-5-16-9)8-6-10(14)13-12(8)15/h3-5,7H,6H2,1-2H3,(H,13,14,15)/b11-8-. The van der Waals surface area contributed by atoms with E-state index in [-0.39, 0.29) is 24.2 Å². The van der Waals surface area contributed by atoms with Crippen LogP contribution in [0.4, 0.5) is 0 Å². The van der Waals surface area contributed by atoms with Gasteiger partial charge < -0.3 is 0 Å². The second kappa shape index (κ2) is 4.22. The van der Waals surface area contributed by atoms with Crippen molar-refractivity contribution >= 4 is 28.7 Å². The molecule has 1 aromatic rings. The van der Waals surface area contributed by atoms with Crippen LogP contribution >= 0.6 is 11.3 Å². The van der Waals surface area contributed by atoms with Crippen molar-refractivity contribution in [2.75, 3.05) is 0 Å². The van der Waals surface area contributed by atoms with Crippen molar-refractivity contribution in [1.29, 1.82) is 0 Å². The highest BCUT2D eigenvalue weighted by molar-refractivity contribution is 7.11. The van der Waals surface area contributed by atoms with Crippen molar-refractivity contribution in [3.8, 4) is 0 Å². The van der Waals surface area contributed by atoms with Gasteiger partial charge in [0.1, 0.15) is 0 Å². The fraction of sp³-hybridized carbons (Fsp3) is 0.333. The first-order valence-electron chi connectivity index (χ1n) is 5.20. The first-order valence-corrected chi connectivity index (χ1v) is 6.08. The summed E-state index contributed by atoms with van der Waals surface area (Å²) in [5.74, 6) is -0.192. The van der Waals surface area contributed by atoms with Gasteiger partial charge >= 0.3 is 0 Å². The Morgan fingerprint density at radius 1 is 1.44 bits per heavy atom. The molecule has 0 spiro atoms. The van der Waals surface area contributed by atoms with Gasteiger partial charge in [-0.3, -0.25) is 14.9 Å². The minimum Gasteiger partial charge on any atom is -0.292 e. The maximum atomic E-state index is 11.6. The van der Waals surface area contributed by atoms with Gasteiger partial charge in [-0.15, -0.1) is 11.3 Å². The van der Waals surface area contributed by atoms with Crippen LogP contribution < -0.4 is 5.32 Å². The number of imide groups is 1. The molecule has 3 nitrogen and oxygen atoms in total. The Morgan fingerprint density at radius 2 is 2.19 bits per heavy atom. The van der Waals surface area contributed by atoms with E-state index in [1.807, 2.05) is 31.4 Å². The van der Waals surface area contributed by atoms with Crippen molar-refractivity contribution in [2.45, 2.75) is 20.3 Å². The minimum absolute atomic E-state index is 0.199. The first-order chi connectivity index (χ1) is 7.59. The van der Waals surface area contributed by atoms with Crippen molar-refractivity contribution in [1.82, 2.24) is 5.32 Å². The topological polar surface area (TPSA) is 46.2 Å². The van der Waals surface area contributed by atoms with Gasteiger partial charge in [0.25, 0.3) is 5.91 Å². The number of carbonyl (C=O) groups is 2. The minimum atomic E-state index is -0.234. The summed E-state index contributed by atoms with van der Waals surface area (Å²) in [5, 5.41) is 4.31. The van der Waals surface area contributed by atoms with E-state index in [4.69, 9.17) is 0 Å². The molecule has 2 rings (SSSR count). The van der Waals surface area contributed by atoms with Crippen molar-refractivity contribution < 1.29 is 9.59 Å². The molecule has 1 saturated heterocycles. The number of carbonyl (C=O) groups excluding carboxylic acids is 2. The third-order valence-corrected chi connectivity index (χ3v) is 3.46. The molecule has 1 aliphatic rings. The lowest BCUT2D eigenvalue weighted by molar-refractivity contribution is -0.124. The third-order valence-electron chi connectivity index (χ3n) is 2.55. The summed E-state index contributed by atoms with van der Waals surface area (Å²) in [6.45, 7) is 4.08. The zero-order valence-corrected chi connectivity index (χ0v) is 10.1. The lowest BCUT2D eigenvalue weighted by atomic mass is 9.95. The normalized spacial score (nSPS) is 19.2. The Labute approximate surface area is 98.2 Å². The van der Waals surface area contributed by atoms with Gasteiger partial charge in [0.15, 0.2) is 0 Å². The molecule has 0 atom stereocenters. The molecule has 0 saturated carbocycles. The van der Waals surface area contributed by atoms with E-state index < -0.39 is 0 Å². The van der Waals surface area contributed by atoms with Gasteiger partial charge in [-0.25, -0.2) is 0 Å². The van der Waals surface area contributed by atoms with Gasteiger partial charge in [0, 0.05) is 10.5 Å². The maximum absolute atomic E-state index is 11.6. The smallest absolute Gasteiger partial charge is 0.254 e. The molecule has 2 amide bonds. The van der Waals surface area contributed by atoms with E-state index in [9.17, 15) is 9.59 Å². The molecule has 0 bridgehead atoms. The monoisotopic (exact) mass is 235 g/mol. The lowest BCUT2D eigenvalue weighted by Crippen LogP contribution is -2.20. The summed E-state index contributed by atoms with van der Waals surface area (Å²) in [4.78, 5) is 23.9. The molecule has 1 aliphatic heterocycles. The fourth-order valence-corrected chi connectivity index (χ4v) is 2.86. The van der Waals surface area contributed by atoms with Crippen LogP contribution in [0, 0.1) is 5.92 Å². The number of hydrogen-bond donors (Lipinski definition) is 1. The van der Waals surface area contributed by atoms with Crippen molar-refractivity contribution in [3.05, 3.63) is 28.0 Å². The second-order valence-electron chi connectivity index (χ2n) is 4.08. The van der Waals surface area contributed by atoms with Crippen LogP contribution in [-0.4, -0.2) is 11.8 Å². The first kappa shape index (κ1) is 11.1. The second-order valence-corrected chi connectivity index (χ2v) is 5.03. The van der Waals surface area contributed by atoms with Crippen LogP contribution in [0.25, 0.3) is 5.57 Å². The molecule has 4 heteroatoms. The van der Waals surface area contributed by atoms with Gasteiger partial charge in [0.2, 0.25) is 5.91 Å². The summed E-state index contributed by atoms with van der Waals surface area (Å²) in [6, 6.07) is 3.95. The zero-order valence-electron chi connectivity index (χ0n) is 9.24. The Hall–Kier alpha value is -1.42. The molecule has 0 aliphatic carbocycles. The van der Waals surface area contributed by atoms with Gasteiger partial charge in [-0.05, 0) is 22.9 Å². The average Bonchev–Trinajstić information content (AvgIpc) is 2.78. The molecule has 84 valence electrons. The molecule has 0 unspecified atom stereocenters. The van der Waals surface area contributed by atoms with Crippen molar-refractivity contribution in [2.24, 2.45) is 5.92 Å². The van der Waals surface area contributed by atoms with Crippen LogP contribution in [0.15, 0.2) is 23.1 Å². The molecular weight excluding hydrogens is 222 g/mol. The highest BCUT2D eigenvalue weighted by Gasteiger charge is 2.28. The molecular formula is C12H13NO2S. The molecule has 16 heavy (non-hydrogen) atoms. The van der Waals surface area contributed by atoms with Crippen LogP contribution in [-0.2, 0) is 9.59 Å². The molecule has 1 fully saturated rings. The Morgan fingerprint density at radius 3 is 2.62 bits per heavy atom. The Kier molecular flexibility index (Phi) is 2.92. The van der Waals surface area contributed by atoms with E-state index in [0.717, 1.165) is 10.5 Å². The quantitative estimate of drug-likeness (QED) is 0.631. The predicted molar refractivity (Wildman–Crippen MR) is 63.8 cm³/mol. The highest BCUT2D eigenvalue weighted by Crippen LogP contribution is 2.32. The van der Waals surface area contributed by atoms with Crippen LogP contribution in [0.2, 0.25) is 0 Å². The molecule has 0 aromatic carbocycles. The molecule has 0 radical (unpaired) electrons. The summed E-state index contributed by atoms with van der Waals surface area (Å²) in [5.41, 5.74) is 1.63. The number of hydrogen-bond acceptors (Lipinski definition) is 3. The molecule has 1 aromatic heterocycles. The summed E-state index contributed by atoms with van der Waals surface area (Å²) >= 11 is 1.60. The van der Waals surface area contributed by atoms with E-state index in [0.29, 0.717) is 5.57 Å². The number of allylic oxidation sites excluding steroid dienone is 1. The van der Waals surface area contributed by atoms with E-state index in [1.54, 1.807) is 11.3 Å². The van der Waals surface area contributed by atoms with Crippen LogP contribution in [0.3, 0.4) is 0 Å². The molecule has 1 N–H and O–H groups in total. The molecule has 2 heterocycles.